The van der Waals surface area contributed by atoms with Crippen LogP contribution in [0.3, 0.4) is 0 Å². The van der Waals surface area contributed by atoms with Gasteiger partial charge in [-0.25, -0.2) is 9.78 Å². The van der Waals surface area contributed by atoms with Crippen LogP contribution in [0.5, 0.6) is 0 Å². The molecule has 0 radical (unpaired) electrons. The van der Waals surface area contributed by atoms with Crippen molar-refractivity contribution < 1.29 is 9.21 Å². The lowest BCUT2D eigenvalue weighted by Gasteiger charge is -2.03. The fourth-order valence-corrected chi connectivity index (χ4v) is 2.73. The van der Waals surface area contributed by atoms with Crippen LogP contribution in [0.1, 0.15) is 16.1 Å². The molecule has 6 nitrogen and oxygen atoms in total. The first-order valence-electron chi connectivity index (χ1n) is 7.54. The van der Waals surface area contributed by atoms with Gasteiger partial charge in [0.25, 0.3) is 5.91 Å². The maximum Gasteiger partial charge on any atom is 0.349 e. The van der Waals surface area contributed by atoms with Gasteiger partial charge in [0.1, 0.15) is 16.8 Å². The Balaban J connectivity index is 1.57. The van der Waals surface area contributed by atoms with E-state index < -0.39 is 11.5 Å². The molecule has 25 heavy (non-hydrogen) atoms. The third-order valence-corrected chi connectivity index (χ3v) is 4.02. The van der Waals surface area contributed by atoms with Crippen LogP contribution in [-0.4, -0.2) is 15.3 Å². The summed E-state index contributed by atoms with van der Waals surface area (Å²) in [7, 11) is 0. The lowest BCUT2D eigenvalue weighted by Crippen LogP contribution is -2.27. The number of hydrogen-bond acceptors (Lipinski definition) is 4. The van der Waals surface area contributed by atoms with Gasteiger partial charge in [0.05, 0.1) is 12.2 Å². The molecule has 3 heterocycles. The van der Waals surface area contributed by atoms with E-state index in [1.165, 1.54) is 6.07 Å². The van der Waals surface area contributed by atoms with Gasteiger partial charge in [-0.15, -0.1) is 0 Å². The molecule has 0 saturated carbocycles. The summed E-state index contributed by atoms with van der Waals surface area (Å²) in [6.45, 7) is 0.185. The molecule has 1 N–H and O–H groups in total. The van der Waals surface area contributed by atoms with Crippen molar-refractivity contribution in [3.05, 3.63) is 81.6 Å². The van der Waals surface area contributed by atoms with Crippen molar-refractivity contribution in [3.8, 4) is 0 Å². The molecule has 0 aliphatic rings. The molecule has 1 amide bonds. The van der Waals surface area contributed by atoms with Gasteiger partial charge in [0.15, 0.2) is 0 Å². The number of rotatable bonds is 3. The maximum atomic E-state index is 12.3. The highest BCUT2D eigenvalue weighted by molar-refractivity contribution is 6.30. The fraction of sp³-hybridized carbons (Fsp3) is 0.0556. The molecule has 1 aromatic carbocycles. The SMILES string of the molecule is O=C(NCc1cn2ccc(Cl)cc2n1)c1cc2ccccc2oc1=O. The molecule has 0 aliphatic carbocycles. The number of benzene rings is 1. The Bertz CT molecular complexity index is 1160. The number of para-hydroxylation sites is 1. The van der Waals surface area contributed by atoms with E-state index in [9.17, 15) is 9.59 Å². The first-order chi connectivity index (χ1) is 12.1. The van der Waals surface area contributed by atoms with Gasteiger partial charge in [-0.3, -0.25) is 4.79 Å². The number of hydrogen-bond donors (Lipinski definition) is 1. The van der Waals surface area contributed by atoms with Crippen molar-refractivity contribution in [3.63, 3.8) is 0 Å². The lowest BCUT2D eigenvalue weighted by atomic mass is 10.2. The quantitative estimate of drug-likeness (QED) is 0.574. The van der Waals surface area contributed by atoms with Crippen LogP contribution in [-0.2, 0) is 6.54 Å². The number of pyridine rings is 1. The summed E-state index contributed by atoms with van der Waals surface area (Å²) in [6.07, 6.45) is 3.57. The Morgan fingerprint density at radius 3 is 2.96 bits per heavy atom. The molecule has 124 valence electrons. The van der Waals surface area contributed by atoms with E-state index in [0.717, 1.165) is 0 Å². The first kappa shape index (κ1) is 15.4. The van der Waals surface area contributed by atoms with Crippen LogP contribution in [0.25, 0.3) is 16.6 Å². The number of imidazole rings is 1. The number of aromatic nitrogens is 2. The first-order valence-corrected chi connectivity index (χ1v) is 7.92. The number of nitrogens with zero attached hydrogens (tertiary/aromatic N) is 2. The lowest BCUT2D eigenvalue weighted by molar-refractivity contribution is 0.0947. The Hall–Kier alpha value is -3.12. The zero-order valence-electron chi connectivity index (χ0n) is 12.9. The Morgan fingerprint density at radius 1 is 1.24 bits per heavy atom. The smallest absolute Gasteiger partial charge is 0.349 e. The summed E-state index contributed by atoms with van der Waals surface area (Å²) in [5, 5.41) is 3.96. The van der Waals surface area contributed by atoms with Crippen molar-refractivity contribution in [2.24, 2.45) is 0 Å². The standard InChI is InChI=1S/C18H12ClN3O3/c19-12-5-6-22-10-13(21-16(22)8-12)9-20-17(23)14-7-11-3-1-2-4-15(11)25-18(14)24/h1-8,10H,9H2,(H,20,23). The molecule has 0 saturated heterocycles. The average Bonchev–Trinajstić information content (AvgIpc) is 3.01. The second-order valence-corrected chi connectivity index (χ2v) is 5.95. The normalized spacial score (nSPS) is 11.1. The minimum Gasteiger partial charge on any atom is -0.422 e. The van der Waals surface area contributed by atoms with Crippen molar-refractivity contribution in [1.29, 1.82) is 0 Å². The number of carbonyl (C=O) groups excluding carboxylic acids is 1. The molecular weight excluding hydrogens is 342 g/mol. The van der Waals surface area contributed by atoms with Gasteiger partial charge in [0.2, 0.25) is 0 Å². The Labute approximate surface area is 146 Å². The average molecular weight is 354 g/mol. The van der Waals surface area contributed by atoms with E-state index in [2.05, 4.69) is 10.3 Å². The van der Waals surface area contributed by atoms with Gasteiger partial charge in [-0.05, 0) is 24.3 Å². The largest absolute Gasteiger partial charge is 0.422 e. The van der Waals surface area contributed by atoms with E-state index >= 15 is 0 Å². The summed E-state index contributed by atoms with van der Waals surface area (Å²) in [5.41, 5.74) is 1.08. The predicted molar refractivity (Wildman–Crippen MR) is 93.9 cm³/mol. The van der Waals surface area contributed by atoms with Gasteiger partial charge in [-0.2, -0.15) is 0 Å². The summed E-state index contributed by atoms with van der Waals surface area (Å²) in [4.78, 5) is 28.7. The highest BCUT2D eigenvalue weighted by atomic mass is 35.5. The zero-order valence-corrected chi connectivity index (χ0v) is 13.7. The highest BCUT2D eigenvalue weighted by Crippen LogP contribution is 2.14. The van der Waals surface area contributed by atoms with E-state index in [1.54, 1.807) is 47.1 Å². The Kier molecular flexibility index (Phi) is 3.74. The summed E-state index contributed by atoms with van der Waals surface area (Å²) in [6, 6.07) is 12.0. The van der Waals surface area contributed by atoms with Crippen molar-refractivity contribution in [1.82, 2.24) is 14.7 Å². The second kappa shape index (κ2) is 6.07. The fourth-order valence-electron chi connectivity index (χ4n) is 2.58. The molecular formula is C18H12ClN3O3. The van der Waals surface area contributed by atoms with Gasteiger partial charge in [-0.1, -0.05) is 29.8 Å². The molecule has 3 aromatic heterocycles. The number of carbonyl (C=O) groups is 1. The van der Waals surface area contributed by atoms with Crippen LogP contribution in [0, 0.1) is 0 Å². The second-order valence-electron chi connectivity index (χ2n) is 5.51. The number of fused-ring (bicyclic) bond motifs is 2. The minimum atomic E-state index is -0.669. The van der Waals surface area contributed by atoms with Gasteiger partial charge >= 0.3 is 5.63 Å². The monoisotopic (exact) mass is 353 g/mol. The zero-order chi connectivity index (χ0) is 17.4. The maximum absolute atomic E-state index is 12.3. The molecule has 0 bridgehead atoms. The van der Waals surface area contributed by atoms with Crippen LogP contribution < -0.4 is 10.9 Å². The summed E-state index contributed by atoms with van der Waals surface area (Å²) in [5.74, 6) is -0.505. The Morgan fingerprint density at radius 2 is 2.08 bits per heavy atom. The number of amides is 1. The summed E-state index contributed by atoms with van der Waals surface area (Å²) < 4.78 is 6.98. The van der Waals surface area contributed by atoms with E-state index in [1.807, 2.05) is 6.07 Å². The van der Waals surface area contributed by atoms with Crippen LogP contribution in [0.15, 0.2) is 64.1 Å². The van der Waals surface area contributed by atoms with E-state index in [0.29, 0.717) is 27.3 Å². The number of halogens is 1. The van der Waals surface area contributed by atoms with Crippen molar-refractivity contribution in [2.75, 3.05) is 0 Å². The molecule has 4 aromatic rings. The topological polar surface area (TPSA) is 76.6 Å². The van der Waals surface area contributed by atoms with Crippen LogP contribution >= 0.6 is 11.6 Å². The van der Waals surface area contributed by atoms with Crippen LogP contribution in [0.2, 0.25) is 5.02 Å². The van der Waals surface area contributed by atoms with Gasteiger partial charge in [0, 0.05) is 22.8 Å². The molecule has 0 aliphatic heterocycles. The predicted octanol–water partition coefficient (Wildman–Crippen LogP) is 3.02. The third-order valence-electron chi connectivity index (χ3n) is 3.79. The molecule has 4 rings (SSSR count). The number of nitrogens with one attached hydrogen (secondary N) is 1. The highest BCUT2D eigenvalue weighted by Gasteiger charge is 2.14. The molecule has 0 spiro atoms. The van der Waals surface area contributed by atoms with Crippen molar-refractivity contribution >= 4 is 34.1 Å². The van der Waals surface area contributed by atoms with Crippen LogP contribution in [0.4, 0.5) is 0 Å². The molecule has 0 unspecified atom stereocenters. The molecule has 0 atom stereocenters. The molecule has 0 fully saturated rings. The van der Waals surface area contributed by atoms with E-state index in [4.69, 9.17) is 16.0 Å². The third kappa shape index (κ3) is 2.99. The van der Waals surface area contributed by atoms with E-state index in [-0.39, 0.29) is 12.1 Å². The molecule has 7 heteroatoms. The summed E-state index contributed by atoms with van der Waals surface area (Å²) >= 11 is 5.93. The van der Waals surface area contributed by atoms with Gasteiger partial charge < -0.3 is 14.1 Å². The van der Waals surface area contributed by atoms with Crippen molar-refractivity contribution in [2.45, 2.75) is 6.54 Å². The minimum absolute atomic E-state index is 0.0366.